The molecule has 0 spiro atoms. The number of hydrogen-bond donors (Lipinski definition) is 3. The van der Waals surface area contributed by atoms with Crippen LogP contribution < -0.4 is 16.6 Å². The molecule has 1 saturated carbocycles. The number of anilines is 1. The summed E-state index contributed by atoms with van der Waals surface area (Å²) in [6, 6.07) is 5.66. The predicted molar refractivity (Wildman–Crippen MR) is 81.7 cm³/mol. The Labute approximate surface area is 123 Å². The molecule has 104 valence electrons. The second-order valence-electron chi connectivity index (χ2n) is 4.67. The zero-order chi connectivity index (χ0) is 13.7. The highest BCUT2D eigenvalue weighted by Crippen LogP contribution is 2.25. The van der Waals surface area contributed by atoms with Gasteiger partial charge < -0.3 is 5.32 Å². The Kier molecular flexibility index (Phi) is 5.31. The Balaban J connectivity index is 2.05. The van der Waals surface area contributed by atoms with Crippen molar-refractivity contribution < 1.29 is 0 Å². The van der Waals surface area contributed by atoms with Crippen LogP contribution in [-0.4, -0.2) is 12.0 Å². The van der Waals surface area contributed by atoms with Crippen LogP contribution in [0, 0.1) is 0 Å². The highest BCUT2D eigenvalue weighted by atomic mass is 35.5. The first-order valence-electron chi connectivity index (χ1n) is 6.45. The van der Waals surface area contributed by atoms with Gasteiger partial charge in [0.15, 0.2) is 0 Å². The maximum absolute atomic E-state index is 5.97. The number of hydrazine groups is 1. The van der Waals surface area contributed by atoms with E-state index in [2.05, 4.69) is 15.7 Å². The minimum absolute atomic E-state index is 0.343. The van der Waals surface area contributed by atoms with Crippen LogP contribution in [0.4, 0.5) is 5.69 Å². The molecule has 19 heavy (non-hydrogen) atoms. The first kappa shape index (κ1) is 14.4. The van der Waals surface area contributed by atoms with Gasteiger partial charge in [0, 0.05) is 5.69 Å². The van der Waals surface area contributed by atoms with E-state index in [0.717, 1.165) is 18.5 Å². The topological polar surface area (TPSA) is 62.4 Å². The molecule has 1 aromatic rings. The Morgan fingerprint density at radius 3 is 2.53 bits per heavy atom. The van der Waals surface area contributed by atoms with Crippen LogP contribution in [0.5, 0.6) is 0 Å². The zero-order valence-electron chi connectivity index (χ0n) is 10.6. The molecule has 0 heterocycles. The van der Waals surface area contributed by atoms with Gasteiger partial charge in [-0.05, 0) is 31.0 Å². The van der Waals surface area contributed by atoms with E-state index >= 15 is 0 Å². The summed E-state index contributed by atoms with van der Waals surface area (Å²) in [5.41, 5.74) is 3.40. The summed E-state index contributed by atoms with van der Waals surface area (Å²) in [6.45, 7) is 0. The molecule has 4 nitrogen and oxygen atoms in total. The van der Waals surface area contributed by atoms with E-state index in [1.165, 1.54) is 19.3 Å². The minimum atomic E-state index is 0.343. The molecule has 0 saturated heterocycles. The molecule has 2 rings (SSSR count). The summed E-state index contributed by atoms with van der Waals surface area (Å²) >= 11 is 11.8. The average molecular weight is 301 g/mol. The SMILES string of the molecule is NNC(=NC1CCCCC1)Nc1ccc(Cl)c(Cl)c1. The highest BCUT2D eigenvalue weighted by Gasteiger charge is 2.13. The molecule has 0 aliphatic heterocycles. The third-order valence-corrected chi connectivity index (χ3v) is 3.94. The second kappa shape index (κ2) is 6.98. The zero-order valence-corrected chi connectivity index (χ0v) is 12.1. The number of nitrogens with one attached hydrogen (secondary N) is 2. The molecule has 0 bridgehead atoms. The van der Waals surface area contributed by atoms with E-state index in [1.807, 2.05) is 6.07 Å². The lowest BCUT2D eigenvalue weighted by atomic mass is 9.96. The summed E-state index contributed by atoms with van der Waals surface area (Å²) in [7, 11) is 0. The Morgan fingerprint density at radius 1 is 1.16 bits per heavy atom. The number of halogens is 2. The van der Waals surface area contributed by atoms with Gasteiger partial charge in [-0.3, -0.25) is 5.43 Å². The first-order chi connectivity index (χ1) is 9.19. The van der Waals surface area contributed by atoms with Crippen molar-refractivity contribution in [3.63, 3.8) is 0 Å². The van der Waals surface area contributed by atoms with Gasteiger partial charge in [-0.2, -0.15) is 0 Å². The Morgan fingerprint density at radius 2 is 1.89 bits per heavy atom. The maximum atomic E-state index is 5.97. The molecule has 6 heteroatoms. The summed E-state index contributed by atoms with van der Waals surface area (Å²) in [5, 5.41) is 4.14. The van der Waals surface area contributed by atoms with Crippen LogP contribution in [-0.2, 0) is 0 Å². The number of rotatable bonds is 2. The van der Waals surface area contributed by atoms with Crippen LogP contribution in [0.1, 0.15) is 32.1 Å². The molecule has 0 aromatic heterocycles. The van der Waals surface area contributed by atoms with Crippen molar-refractivity contribution >= 4 is 34.8 Å². The van der Waals surface area contributed by atoms with Crippen LogP contribution >= 0.6 is 23.2 Å². The fourth-order valence-corrected chi connectivity index (χ4v) is 2.51. The van der Waals surface area contributed by atoms with Gasteiger partial charge >= 0.3 is 0 Å². The van der Waals surface area contributed by atoms with Crippen molar-refractivity contribution in [2.24, 2.45) is 10.8 Å². The van der Waals surface area contributed by atoms with Crippen LogP contribution in [0.25, 0.3) is 0 Å². The van der Waals surface area contributed by atoms with Gasteiger partial charge in [-0.1, -0.05) is 42.5 Å². The number of guanidine groups is 1. The molecular weight excluding hydrogens is 283 g/mol. The molecule has 1 aromatic carbocycles. The fraction of sp³-hybridized carbons (Fsp3) is 0.462. The largest absolute Gasteiger partial charge is 0.325 e. The molecular formula is C13H18Cl2N4. The molecule has 0 amide bonds. The predicted octanol–water partition coefficient (Wildman–Crippen LogP) is 3.56. The number of benzene rings is 1. The van der Waals surface area contributed by atoms with Crippen molar-refractivity contribution in [2.45, 2.75) is 38.1 Å². The van der Waals surface area contributed by atoms with Gasteiger partial charge in [0.05, 0.1) is 16.1 Å². The van der Waals surface area contributed by atoms with Crippen molar-refractivity contribution in [1.82, 2.24) is 5.43 Å². The normalized spacial score (nSPS) is 17.3. The average Bonchev–Trinajstić information content (AvgIpc) is 2.43. The quantitative estimate of drug-likeness (QED) is 0.339. The van der Waals surface area contributed by atoms with Crippen molar-refractivity contribution in [2.75, 3.05) is 5.32 Å². The third kappa shape index (κ3) is 4.27. The first-order valence-corrected chi connectivity index (χ1v) is 7.21. The lowest BCUT2D eigenvalue weighted by Gasteiger charge is -2.19. The smallest absolute Gasteiger partial charge is 0.210 e. The molecule has 0 atom stereocenters. The summed E-state index contributed by atoms with van der Waals surface area (Å²) in [4.78, 5) is 4.59. The van der Waals surface area contributed by atoms with Gasteiger partial charge in [0.1, 0.15) is 0 Å². The number of nitrogens with zero attached hydrogens (tertiary/aromatic N) is 1. The molecule has 0 radical (unpaired) electrons. The lowest BCUT2D eigenvalue weighted by Crippen LogP contribution is -2.37. The van der Waals surface area contributed by atoms with Crippen LogP contribution in [0.3, 0.4) is 0 Å². The van der Waals surface area contributed by atoms with E-state index in [4.69, 9.17) is 29.0 Å². The van der Waals surface area contributed by atoms with E-state index in [1.54, 1.807) is 12.1 Å². The van der Waals surface area contributed by atoms with Gasteiger partial charge in [-0.25, -0.2) is 10.8 Å². The van der Waals surface area contributed by atoms with Crippen molar-refractivity contribution in [1.29, 1.82) is 0 Å². The van der Waals surface area contributed by atoms with E-state index in [0.29, 0.717) is 22.0 Å². The number of nitrogens with two attached hydrogens (primary N) is 1. The maximum Gasteiger partial charge on any atom is 0.210 e. The molecule has 0 unspecified atom stereocenters. The van der Waals surface area contributed by atoms with Crippen LogP contribution in [0.2, 0.25) is 10.0 Å². The van der Waals surface area contributed by atoms with Gasteiger partial charge in [-0.15, -0.1) is 0 Å². The van der Waals surface area contributed by atoms with Gasteiger partial charge in [0.2, 0.25) is 5.96 Å². The minimum Gasteiger partial charge on any atom is -0.325 e. The van der Waals surface area contributed by atoms with E-state index in [-0.39, 0.29) is 0 Å². The Hall–Kier alpha value is -0.970. The second-order valence-corrected chi connectivity index (χ2v) is 5.48. The highest BCUT2D eigenvalue weighted by molar-refractivity contribution is 6.42. The summed E-state index contributed by atoms with van der Waals surface area (Å²) < 4.78 is 0. The van der Waals surface area contributed by atoms with Gasteiger partial charge in [0.25, 0.3) is 0 Å². The van der Waals surface area contributed by atoms with E-state index in [9.17, 15) is 0 Å². The van der Waals surface area contributed by atoms with E-state index < -0.39 is 0 Å². The third-order valence-electron chi connectivity index (χ3n) is 3.21. The number of hydrogen-bond acceptors (Lipinski definition) is 2. The molecule has 4 N–H and O–H groups in total. The van der Waals surface area contributed by atoms with Crippen molar-refractivity contribution in [3.8, 4) is 0 Å². The molecule has 1 aliphatic carbocycles. The Bertz CT molecular complexity index is 456. The summed E-state index contributed by atoms with van der Waals surface area (Å²) in [6.07, 6.45) is 6.01. The molecule has 1 fully saturated rings. The fourth-order valence-electron chi connectivity index (χ4n) is 2.21. The lowest BCUT2D eigenvalue weighted by molar-refractivity contribution is 0.442. The van der Waals surface area contributed by atoms with Crippen LogP contribution in [0.15, 0.2) is 23.2 Å². The molecule has 1 aliphatic rings. The standard InChI is InChI=1S/C13H18Cl2N4/c14-11-7-6-10(8-12(11)15)18-13(19-16)17-9-4-2-1-3-5-9/h6-9H,1-5,16H2,(H2,17,18,19). The van der Waals surface area contributed by atoms with Crippen molar-refractivity contribution in [3.05, 3.63) is 28.2 Å². The number of aliphatic imine (C=N–C) groups is 1. The monoisotopic (exact) mass is 300 g/mol. The summed E-state index contributed by atoms with van der Waals surface area (Å²) in [5.74, 6) is 6.06.